The Morgan fingerprint density at radius 3 is 1.96 bits per heavy atom. The first kappa shape index (κ1) is 31.1. The topological polar surface area (TPSA) is 58.4 Å². The molecule has 236 valence electrons. The Balaban J connectivity index is 1.14. The Bertz CT molecular complexity index is 1640. The maximum absolute atomic E-state index is 13.6. The molecule has 0 unspecified atom stereocenters. The van der Waals surface area contributed by atoms with Crippen LogP contribution in [0.4, 0.5) is 0 Å². The van der Waals surface area contributed by atoms with Gasteiger partial charge in [0.25, 0.3) is 5.91 Å². The fraction of sp³-hybridized carbons (Fsp3) is 0.256. The van der Waals surface area contributed by atoms with Gasteiger partial charge in [-0.25, -0.2) is 0 Å². The van der Waals surface area contributed by atoms with E-state index in [1.807, 2.05) is 53.4 Å². The predicted octanol–water partition coefficient (Wildman–Crippen LogP) is 7.05. The Morgan fingerprint density at radius 1 is 0.717 bits per heavy atom. The summed E-state index contributed by atoms with van der Waals surface area (Å²) in [6.07, 6.45) is 0. The van der Waals surface area contributed by atoms with Crippen molar-refractivity contribution in [1.29, 1.82) is 0 Å². The lowest BCUT2D eigenvalue weighted by atomic mass is 9.96. The molecule has 7 nitrogen and oxygen atoms in total. The van der Waals surface area contributed by atoms with Gasteiger partial charge < -0.3 is 18.8 Å². The Labute approximate surface area is 271 Å². The number of ether oxygens (including phenoxy) is 2. The SMILES string of the molecule is COc1ccc(OC)c(CN(Cc2ccccc2)Cc2ccc(C(=O)N3CCN(C(c4ccccc4)c4ccccc4)CC3)o2)c1. The summed E-state index contributed by atoms with van der Waals surface area (Å²) in [6, 6.07) is 41.3. The lowest BCUT2D eigenvalue weighted by molar-refractivity contribution is 0.0564. The molecule has 5 aromatic rings. The van der Waals surface area contributed by atoms with Crippen LogP contribution in [0, 0.1) is 0 Å². The van der Waals surface area contributed by atoms with Crippen molar-refractivity contribution in [1.82, 2.24) is 14.7 Å². The molecular formula is C39H41N3O4. The van der Waals surface area contributed by atoms with Gasteiger partial charge in [0.15, 0.2) is 5.76 Å². The van der Waals surface area contributed by atoms with E-state index in [1.165, 1.54) is 16.7 Å². The molecule has 0 aliphatic carbocycles. The van der Waals surface area contributed by atoms with Gasteiger partial charge in [0.05, 0.1) is 26.8 Å². The van der Waals surface area contributed by atoms with Gasteiger partial charge in [-0.2, -0.15) is 0 Å². The summed E-state index contributed by atoms with van der Waals surface area (Å²) in [5, 5.41) is 0. The molecule has 7 heteroatoms. The summed E-state index contributed by atoms with van der Waals surface area (Å²) in [5.74, 6) is 2.64. The fourth-order valence-electron chi connectivity index (χ4n) is 6.28. The normalized spacial score (nSPS) is 13.7. The second kappa shape index (κ2) is 15.0. The van der Waals surface area contributed by atoms with Crippen LogP contribution < -0.4 is 9.47 Å². The Kier molecular flexibility index (Phi) is 10.1. The lowest BCUT2D eigenvalue weighted by Crippen LogP contribution is -2.49. The molecule has 0 saturated carbocycles. The van der Waals surface area contributed by atoms with Crippen LogP contribution in [-0.2, 0) is 19.6 Å². The van der Waals surface area contributed by atoms with Crippen LogP contribution in [0.15, 0.2) is 126 Å². The highest BCUT2D eigenvalue weighted by Gasteiger charge is 2.29. The van der Waals surface area contributed by atoms with Crippen molar-refractivity contribution in [3.63, 3.8) is 0 Å². The van der Waals surface area contributed by atoms with Gasteiger partial charge in [0.1, 0.15) is 17.3 Å². The highest BCUT2D eigenvalue weighted by molar-refractivity contribution is 5.91. The third-order valence-electron chi connectivity index (χ3n) is 8.58. The number of hydrogen-bond donors (Lipinski definition) is 0. The molecule has 0 spiro atoms. The first-order chi connectivity index (χ1) is 22.6. The number of amides is 1. The number of carbonyl (C=O) groups is 1. The molecule has 0 N–H and O–H groups in total. The standard InChI is InChI=1S/C39H41N3O4/c1-44-34-18-20-36(45-2)33(26-34)28-40(27-30-12-6-3-7-13-30)29-35-19-21-37(46-35)39(43)42-24-22-41(23-25-42)38(31-14-8-4-9-15-31)32-16-10-5-11-17-32/h3-21,26,38H,22-25,27-29H2,1-2H3. The monoisotopic (exact) mass is 615 g/mol. The second-order valence-electron chi connectivity index (χ2n) is 11.6. The van der Waals surface area contributed by atoms with Gasteiger partial charge in [-0.1, -0.05) is 91.0 Å². The number of methoxy groups -OCH3 is 2. The third-order valence-corrected chi connectivity index (χ3v) is 8.58. The molecule has 1 fully saturated rings. The minimum absolute atomic E-state index is 0.0639. The van der Waals surface area contributed by atoms with Gasteiger partial charge >= 0.3 is 0 Å². The maximum Gasteiger partial charge on any atom is 0.289 e. The van der Waals surface area contributed by atoms with Crippen molar-refractivity contribution in [3.8, 4) is 11.5 Å². The molecule has 1 aliphatic heterocycles. The van der Waals surface area contributed by atoms with E-state index in [1.54, 1.807) is 14.2 Å². The molecule has 1 amide bonds. The minimum atomic E-state index is -0.0639. The zero-order valence-electron chi connectivity index (χ0n) is 26.5. The molecule has 4 aromatic carbocycles. The fourth-order valence-corrected chi connectivity index (χ4v) is 6.28. The summed E-state index contributed by atoms with van der Waals surface area (Å²) >= 11 is 0. The predicted molar refractivity (Wildman–Crippen MR) is 180 cm³/mol. The number of rotatable bonds is 12. The van der Waals surface area contributed by atoms with Crippen LogP contribution in [-0.4, -0.2) is 61.0 Å². The number of furan rings is 1. The van der Waals surface area contributed by atoms with Gasteiger partial charge in [0, 0.05) is 44.8 Å². The van der Waals surface area contributed by atoms with Crippen LogP contribution in [0.5, 0.6) is 11.5 Å². The summed E-state index contributed by atoms with van der Waals surface area (Å²) in [7, 11) is 3.35. The van der Waals surface area contributed by atoms with E-state index in [-0.39, 0.29) is 11.9 Å². The molecule has 6 rings (SSSR count). The van der Waals surface area contributed by atoms with Crippen molar-refractivity contribution in [2.45, 2.75) is 25.7 Å². The van der Waals surface area contributed by atoms with Crippen molar-refractivity contribution in [2.75, 3.05) is 40.4 Å². The maximum atomic E-state index is 13.6. The molecule has 0 atom stereocenters. The van der Waals surface area contributed by atoms with Gasteiger partial charge in [-0.15, -0.1) is 0 Å². The molecule has 1 aliphatic rings. The van der Waals surface area contributed by atoms with Crippen LogP contribution in [0.3, 0.4) is 0 Å². The average Bonchev–Trinajstić information content (AvgIpc) is 3.58. The summed E-state index contributed by atoms with van der Waals surface area (Å²) in [4.78, 5) is 20.3. The van der Waals surface area contributed by atoms with Crippen molar-refractivity contribution >= 4 is 5.91 Å². The molecule has 1 saturated heterocycles. The highest BCUT2D eigenvalue weighted by atomic mass is 16.5. The second-order valence-corrected chi connectivity index (χ2v) is 11.6. The highest BCUT2D eigenvalue weighted by Crippen LogP contribution is 2.30. The number of piperazine rings is 1. The quantitative estimate of drug-likeness (QED) is 0.150. The number of hydrogen-bond acceptors (Lipinski definition) is 6. The van der Waals surface area contributed by atoms with Crippen molar-refractivity contribution in [2.24, 2.45) is 0 Å². The minimum Gasteiger partial charge on any atom is -0.497 e. The first-order valence-electron chi connectivity index (χ1n) is 15.8. The zero-order valence-corrected chi connectivity index (χ0v) is 26.5. The Morgan fingerprint density at radius 2 is 1.35 bits per heavy atom. The Hall–Kier alpha value is -4.85. The number of nitrogens with zero attached hydrogens (tertiary/aromatic N) is 3. The van der Waals surface area contributed by atoms with Crippen molar-refractivity contribution in [3.05, 3.63) is 155 Å². The lowest BCUT2D eigenvalue weighted by Gasteiger charge is -2.39. The van der Waals surface area contributed by atoms with Gasteiger partial charge in [-0.05, 0) is 47.0 Å². The summed E-state index contributed by atoms with van der Waals surface area (Å²) in [5.41, 5.74) is 4.73. The van der Waals surface area contributed by atoms with Gasteiger partial charge in [-0.3, -0.25) is 14.6 Å². The van der Waals surface area contributed by atoms with Crippen LogP contribution in [0.25, 0.3) is 0 Å². The molecule has 2 heterocycles. The van der Waals surface area contributed by atoms with E-state index < -0.39 is 0 Å². The van der Waals surface area contributed by atoms with Gasteiger partial charge in [0.2, 0.25) is 0 Å². The van der Waals surface area contributed by atoms with Crippen molar-refractivity contribution < 1.29 is 18.7 Å². The van der Waals surface area contributed by atoms with Crippen LogP contribution in [0.1, 0.15) is 44.6 Å². The molecule has 1 aromatic heterocycles. The van der Waals surface area contributed by atoms with E-state index >= 15 is 0 Å². The molecule has 0 radical (unpaired) electrons. The van der Waals surface area contributed by atoms with Crippen LogP contribution >= 0.6 is 0 Å². The van der Waals surface area contributed by atoms with Crippen LogP contribution in [0.2, 0.25) is 0 Å². The van der Waals surface area contributed by atoms with E-state index in [2.05, 4.69) is 82.6 Å². The first-order valence-corrected chi connectivity index (χ1v) is 15.8. The third kappa shape index (κ3) is 7.50. The molecule has 46 heavy (non-hydrogen) atoms. The zero-order chi connectivity index (χ0) is 31.7. The van der Waals surface area contributed by atoms with E-state index in [9.17, 15) is 4.79 Å². The summed E-state index contributed by atoms with van der Waals surface area (Å²) in [6.45, 7) is 4.69. The molecular weight excluding hydrogens is 574 g/mol. The number of carbonyl (C=O) groups excluding carboxylic acids is 1. The largest absolute Gasteiger partial charge is 0.497 e. The molecule has 0 bridgehead atoms. The van der Waals surface area contributed by atoms with E-state index in [0.29, 0.717) is 38.5 Å². The van der Waals surface area contributed by atoms with E-state index in [4.69, 9.17) is 13.9 Å². The average molecular weight is 616 g/mol. The smallest absolute Gasteiger partial charge is 0.289 e. The number of benzene rings is 4. The summed E-state index contributed by atoms with van der Waals surface area (Å²) < 4.78 is 17.4. The van der Waals surface area contributed by atoms with E-state index in [0.717, 1.165) is 35.9 Å².